The first-order chi connectivity index (χ1) is 17.1. The van der Waals surface area contributed by atoms with Crippen molar-refractivity contribution < 1.29 is 4.74 Å². The molecule has 2 unspecified atom stereocenters. The fourth-order valence-corrected chi connectivity index (χ4v) is 3.96. The Labute approximate surface area is 211 Å². The Morgan fingerprint density at radius 3 is 2.77 bits per heavy atom. The van der Waals surface area contributed by atoms with Gasteiger partial charge in [-0.05, 0) is 93.3 Å². The van der Waals surface area contributed by atoms with E-state index >= 15 is 0 Å². The summed E-state index contributed by atoms with van der Waals surface area (Å²) < 4.78 is 5.63. The van der Waals surface area contributed by atoms with Crippen LogP contribution in [0.3, 0.4) is 0 Å². The van der Waals surface area contributed by atoms with E-state index in [0.29, 0.717) is 13.2 Å². The van der Waals surface area contributed by atoms with Crippen LogP contribution in [0.5, 0.6) is 0 Å². The lowest BCUT2D eigenvalue weighted by molar-refractivity contribution is 0.140. The molecule has 5 heteroatoms. The van der Waals surface area contributed by atoms with Crippen molar-refractivity contribution in [3.05, 3.63) is 108 Å². The SMILES string of the molecule is C=CC(CCOCC)C(/C=C(\C=C\C)Cc1ccnc(C2=CC(C)NC=C2)c1)=C(/C=C/C)N=CN. The maximum atomic E-state index is 5.70. The van der Waals surface area contributed by atoms with Crippen molar-refractivity contribution in [3.63, 3.8) is 0 Å². The quantitative estimate of drug-likeness (QED) is 0.120. The van der Waals surface area contributed by atoms with E-state index in [2.05, 4.69) is 71.3 Å². The minimum atomic E-state index is 0.0798. The van der Waals surface area contributed by atoms with E-state index in [-0.39, 0.29) is 12.0 Å². The van der Waals surface area contributed by atoms with Crippen LogP contribution in [0.15, 0.2) is 102 Å². The summed E-state index contributed by atoms with van der Waals surface area (Å²) in [4.78, 5) is 9.08. The molecule has 186 valence electrons. The molecular weight excluding hydrogens is 432 g/mol. The van der Waals surface area contributed by atoms with Gasteiger partial charge in [0, 0.05) is 31.4 Å². The number of nitrogens with two attached hydrogens (primary N) is 1. The van der Waals surface area contributed by atoms with Crippen molar-refractivity contribution in [2.45, 2.75) is 46.6 Å². The lowest BCUT2D eigenvalue weighted by Gasteiger charge is -2.18. The molecule has 5 nitrogen and oxygen atoms in total. The number of rotatable bonds is 13. The Morgan fingerprint density at radius 2 is 2.11 bits per heavy atom. The third-order valence-corrected chi connectivity index (χ3v) is 5.60. The maximum Gasteiger partial charge on any atom is 0.0860 e. The van der Waals surface area contributed by atoms with Gasteiger partial charge in [0.05, 0.1) is 17.7 Å². The van der Waals surface area contributed by atoms with Gasteiger partial charge in [-0.1, -0.05) is 36.5 Å². The van der Waals surface area contributed by atoms with Gasteiger partial charge in [-0.2, -0.15) is 0 Å². The molecule has 0 bridgehead atoms. The second kappa shape index (κ2) is 15.5. The van der Waals surface area contributed by atoms with Crippen LogP contribution in [0.25, 0.3) is 5.57 Å². The van der Waals surface area contributed by atoms with Crippen molar-refractivity contribution in [1.82, 2.24) is 10.3 Å². The van der Waals surface area contributed by atoms with Gasteiger partial charge in [0.2, 0.25) is 0 Å². The van der Waals surface area contributed by atoms with Crippen LogP contribution in [0.4, 0.5) is 0 Å². The van der Waals surface area contributed by atoms with E-state index in [9.17, 15) is 0 Å². The van der Waals surface area contributed by atoms with Gasteiger partial charge in [0.15, 0.2) is 0 Å². The summed E-state index contributed by atoms with van der Waals surface area (Å²) in [5.74, 6) is 0.0798. The molecule has 1 aliphatic heterocycles. The third kappa shape index (κ3) is 9.02. The van der Waals surface area contributed by atoms with Gasteiger partial charge in [-0.3, -0.25) is 4.98 Å². The molecule has 0 saturated carbocycles. The highest BCUT2D eigenvalue weighted by Gasteiger charge is 2.15. The molecule has 3 N–H and O–H groups in total. The molecule has 0 amide bonds. The number of nitrogens with zero attached hydrogens (tertiary/aromatic N) is 2. The zero-order valence-corrected chi connectivity index (χ0v) is 21.6. The zero-order chi connectivity index (χ0) is 25.5. The van der Waals surface area contributed by atoms with Gasteiger partial charge in [0.1, 0.15) is 0 Å². The summed E-state index contributed by atoms with van der Waals surface area (Å²) in [6.45, 7) is 13.6. The lowest BCUT2D eigenvalue weighted by atomic mass is 9.90. The summed E-state index contributed by atoms with van der Waals surface area (Å²) in [5, 5.41) is 3.28. The molecule has 1 aromatic rings. The van der Waals surface area contributed by atoms with Crippen LogP contribution in [0.1, 0.15) is 45.4 Å². The summed E-state index contributed by atoms with van der Waals surface area (Å²) in [7, 11) is 0. The Hall–Kier alpha value is -3.44. The number of aliphatic imine (C=N–C) groups is 1. The summed E-state index contributed by atoms with van der Waals surface area (Å²) >= 11 is 0. The van der Waals surface area contributed by atoms with Gasteiger partial charge in [-0.25, -0.2) is 4.99 Å². The fraction of sp³-hybridized carbons (Fsp3) is 0.333. The average Bonchev–Trinajstić information content (AvgIpc) is 2.86. The lowest BCUT2D eigenvalue weighted by Crippen LogP contribution is -2.20. The predicted molar refractivity (Wildman–Crippen MR) is 150 cm³/mol. The number of dihydropyridines is 1. The standard InChI is InChI=1S/C30H40N4O/c1-6-10-24(19-25-12-15-33-30(21-25)27-13-16-32-23(5)18-27)20-28(29(11-7-2)34-22-31)26(8-3)14-17-35-9-4/h6-8,10-13,15-16,18,20-23,26,32H,3,9,14,17,19H2,1-2,4-5H3,(H2,31,34)/b10-6+,11-7+,24-20+,29-28-. The first-order valence-corrected chi connectivity index (χ1v) is 12.3. The molecule has 0 spiro atoms. The second-order valence-electron chi connectivity index (χ2n) is 8.30. The predicted octanol–water partition coefficient (Wildman–Crippen LogP) is 6.06. The minimum absolute atomic E-state index is 0.0798. The van der Waals surface area contributed by atoms with Crippen LogP contribution in [-0.2, 0) is 11.2 Å². The monoisotopic (exact) mass is 472 g/mol. The van der Waals surface area contributed by atoms with E-state index in [1.165, 1.54) is 17.5 Å². The van der Waals surface area contributed by atoms with Crippen LogP contribution in [0.2, 0.25) is 0 Å². The third-order valence-electron chi connectivity index (χ3n) is 5.60. The highest BCUT2D eigenvalue weighted by molar-refractivity contribution is 5.73. The fourth-order valence-electron chi connectivity index (χ4n) is 3.96. The van der Waals surface area contributed by atoms with Crippen molar-refractivity contribution in [1.29, 1.82) is 0 Å². The van der Waals surface area contributed by atoms with Crippen LogP contribution in [0, 0.1) is 5.92 Å². The molecule has 2 atom stereocenters. The molecule has 0 aliphatic carbocycles. The van der Waals surface area contributed by atoms with Crippen LogP contribution < -0.4 is 11.1 Å². The average molecular weight is 473 g/mol. The number of pyridine rings is 1. The van der Waals surface area contributed by atoms with Gasteiger partial charge >= 0.3 is 0 Å². The van der Waals surface area contributed by atoms with Crippen LogP contribution >= 0.6 is 0 Å². The molecule has 2 heterocycles. The molecule has 0 saturated heterocycles. The number of hydrogen-bond acceptors (Lipinski definition) is 4. The normalized spacial score (nSPS) is 18.1. The Morgan fingerprint density at radius 1 is 1.31 bits per heavy atom. The summed E-state index contributed by atoms with van der Waals surface area (Å²) in [5.41, 5.74) is 12.1. The Bertz CT molecular complexity index is 1030. The van der Waals surface area contributed by atoms with E-state index in [0.717, 1.165) is 35.4 Å². The topological polar surface area (TPSA) is 72.5 Å². The van der Waals surface area contributed by atoms with Crippen LogP contribution in [-0.4, -0.2) is 30.6 Å². The molecule has 2 rings (SSSR count). The Balaban J connectivity index is 2.49. The first kappa shape index (κ1) is 27.8. The summed E-state index contributed by atoms with van der Waals surface area (Å²) in [6.07, 6.45) is 23.4. The van der Waals surface area contributed by atoms with Gasteiger partial charge in [-0.15, -0.1) is 6.58 Å². The second-order valence-corrected chi connectivity index (χ2v) is 8.30. The highest BCUT2D eigenvalue weighted by Crippen LogP contribution is 2.27. The largest absolute Gasteiger partial charge is 0.390 e. The number of allylic oxidation sites excluding steroid dienone is 10. The molecule has 0 fully saturated rings. The molecule has 1 aliphatic rings. The number of ether oxygens (including phenoxy) is 1. The van der Waals surface area contributed by atoms with Gasteiger partial charge in [0.25, 0.3) is 0 Å². The van der Waals surface area contributed by atoms with Crippen molar-refractivity contribution >= 4 is 11.9 Å². The number of hydrogen-bond donors (Lipinski definition) is 2. The molecule has 0 aromatic carbocycles. The maximum absolute atomic E-state index is 5.70. The van der Waals surface area contributed by atoms with Crippen molar-refractivity contribution in [2.75, 3.05) is 13.2 Å². The smallest absolute Gasteiger partial charge is 0.0860 e. The molecular formula is C30H40N4O. The van der Waals surface area contributed by atoms with Crippen molar-refractivity contribution in [2.24, 2.45) is 16.6 Å². The first-order valence-electron chi connectivity index (χ1n) is 12.3. The number of aromatic nitrogens is 1. The molecule has 1 aromatic heterocycles. The minimum Gasteiger partial charge on any atom is -0.390 e. The summed E-state index contributed by atoms with van der Waals surface area (Å²) in [6, 6.07) is 4.52. The van der Waals surface area contributed by atoms with Crippen molar-refractivity contribution in [3.8, 4) is 0 Å². The van der Waals surface area contributed by atoms with E-state index in [1.54, 1.807) is 0 Å². The van der Waals surface area contributed by atoms with E-state index in [1.807, 2.05) is 51.4 Å². The molecule has 0 radical (unpaired) electrons. The number of nitrogens with one attached hydrogen (secondary N) is 1. The molecule has 35 heavy (non-hydrogen) atoms. The highest BCUT2D eigenvalue weighted by atomic mass is 16.5. The zero-order valence-electron chi connectivity index (χ0n) is 21.6. The van der Waals surface area contributed by atoms with E-state index < -0.39 is 0 Å². The van der Waals surface area contributed by atoms with E-state index in [4.69, 9.17) is 10.5 Å². The van der Waals surface area contributed by atoms with Gasteiger partial charge < -0.3 is 15.8 Å². The Kier molecular flexibility index (Phi) is 12.3.